The molecule has 1 rings (SSSR count). The molecule has 1 aliphatic rings. The summed E-state index contributed by atoms with van der Waals surface area (Å²) < 4.78 is 0. The molecule has 1 saturated carbocycles. The highest BCUT2D eigenvalue weighted by molar-refractivity contribution is 4.82. The third kappa shape index (κ3) is 14.1. The standard InChI is InChI=1S/C13H26.C8H18.C2H6/c1-10(2)11-7-6-8-12(9-11)13(3,4)5;1-4-5-6-7-8(2)3;1-2/h10-12H,6-9H2,1-5H3;8H,4-7H2,1-3H3;1-2H3. The second-order valence-corrected chi connectivity index (χ2v) is 9.12. The predicted octanol–water partition coefficient (Wildman–Crippen LogP) is 8.74. The molecule has 0 aromatic carbocycles. The minimum Gasteiger partial charge on any atom is -0.0683 e. The van der Waals surface area contributed by atoms with Gasteiger partial charge in [0.1, 0.15) is 0 Å². The van der Waals surface area contributed by atoms with Crippen LogP contribution in [0.2, 0.25) is 0 Å². The van der Waals surface area contributed by atoms with Crippen LogP contribution in [-0.4, -0.2) is 0 Å². The SMILES string of the molecule is CC.CC(C)C1CCCC(C(C)(C)C)C1.CCCCCC(C)C. The Balaban J connectivity index is 0. The zero-order valence-corrected chi connectivity index (χ0v) is 18.5. The Hall–Kier alpha value is 0. The third-order valence-corrected chi connectivity index (χ3v) is 5.27. The minimum absolute atomic E-state index is 0.535. The highest BCUT2D eigenvalue weighted by Crippen LogP contribution is 2.42. The molecule has 0 aromatic heterocycles. The van der Waals surface area contributed by atoms with E-state index in [1.807, 2.05) is 13.8 Å². The predicted molar refractivity (Wildman–Crippen MR) is 110 cm³/mol. The second kappa shape index (κ2) is 14.4. The van der Waals surface area contributed by atoms with Crippen molar-refractivity contribution in [1.82, 2.24) is 0 Å². The van der Waals surface area contributed by atoms with E-state index in [1.165, 1.54) is 51.4 Å². The Morgan fingerprint density at radius 2 is 1.48 bits per heavy atom. The van der Waals surface area contributed by atoms with Crippen molar-refractivity contribution < 1.29 is 0 Å². The zero-order valence-electron chi connectivity index (χ0n) is 18.5. The fourth-order valence-corrected chi connectivity index (χ4v) is 3.42. The van der Waals surface area contributed by atoms with Crippen molar-refractivity contribution >= 4 is 0 Å². The van der Waals surface area contributed by atoms with E-state index < -0.39 is 0 Å². The molecule has 23 heavy (non-hydrogen) atoms. The van der Waals surface area contributed by atoms with E-state index in [0.717, 1.165) is 23.7 Å². The Labute approximate surface area is 150 Å². The summed E-state index contributed by atoms with van der Waals surface area (Å²) in [5.74, 6) is 3.76. The third-order valence-electron chi connectivity index (χ3n) is 5.27. The van der Waals surface area contributed by atoms with Crippen molar-refractivity contribution in [3.8, 4) is 0 Å². The highest BCUT2D eigenvalue weighted by Gasteiger charge is 2.31. The number of rotatable bonds is 5. The van der Waals surface area contributed by atoms with Gasteiger partial charge in [-0.3, -0.25) is 0 Å². The molecule has 0 nitrogen and oxygen atoms in total. The Morgan fingerprint density at radius 3 is 1.87 bits per heavy atom. The monoisotopic (exact) mass is 326 g/mol. The van der Waals surface area contributed by atoms with Crippen molar-refractivity contribution in [1.29, 1.82) is 0 Å². The van der Waals surface area contributed by atoms with Crippen LogP contribution in [0.15, 0.2) is 0 Å². The normalized spacial score (nSPS) is 21.4. The largest absolute Gasteiger partial charge is 0.0683 e. The van der Waals surface area contributed by atoms with Gasteiger partial charge in [0.25, 0.3) is 0 Å². The van der Waals surface area contributed by atoms with Gasteiger partial charge < -0.3 is 0 Å². The van der Waals surface area contributed by atoms with Gasteiger partial charge in [-0.1, -0.05) is 108 Å². The maximum atomic E-state index is 2.40. The molecule has 0 amide bonds. The fraction of sp³-hybridized carbons (Fsp3) is 1.00. The summed E-state index contributed by atoms with van der Waals surface area (Å²) in [5, 5.41) is 0. The fourth-order valence-electron chi connectivity index (χ4n) is 3.42. The molecule has 142 valence electrons. The van der Waals surface area contributed by atoms with Crippen LogP contribution in [0.3, 0.4) is 0 Å². The number of hydrogen-bond acceptors (Lipinski definition) is 0. The van der Waals surface area contributed by atoms with E-state index in [-0.39, 0.29) is 0 Å². The van der Waals surface area contributed by atoms with Gasteiger partial charge in [0.05, 0.1) is 0 Å². The lowest BCUT2D eigenvalue weighted by atomic mass is 9.67. The van der Waals surface area contributed by atoms with E-state index in [1.54, 1.807) is 0 Å². The van der Waals surface area contributed by atoms with E-state index in [0.29, 0.717) is 5.41 Å². The summed E-state index contributed by atoms with van der Waals surface area (Å²) in [6.07, 6.45) is 11.5. The Bertz CT molecular complexity index is 231. The van der Waals surface area contributed by atoms with Crippen LogP contribution in [0.1, 0.15) is 121 Å². The molecule has 0 heteroatoms. The van der Waals surface area contributed by atoms with E-state index >= 15 is 0 Å². The van der Waals surface area contributed by atoms with Crippen LogP contribution in [0.25, 0.3) is 0 Å². The molecule has 0 heterocycles. The van der Waals surface area contributed by atoms with Crippen LogP contribution in [0.5, 0.6) is 0 Å². The lowest BCUT2D eigenvalue weighted by Crippen LogP contribution is -2.28. The molecule has 0 saturated heterocycles. The first-order chi connectivity index (χ1) is 10.7. The van der Waals surface area contributed by atoms with Crippen molar-refractivity contribution in [2.45, 2.75) is 121 Å². The Kier molecular flexibility index (Phi) is 15.8. The van der Waals surface area contributed by atoms with E-state index in [2.05, 4.69) is 55.4 Å². The summed E-state index contributed by atoms with van der Waals surface area (Å²) in [7, 11) is 0. The van der Waals surface area contributed by atoms with Gasteiger partial charge in [-0.05, 0) is 41.9 Å². The van der Waals surface area contributed by atoms with Crippen LogP contribution in [0, 0.1) is 29.1 Å². The average molecular weight is 327 g/mol. The summed E-state index contributed by atoms with van der Waals surface area (Å²) in [5.41, 5.74) is 0.535. The molecule has 0 aliphatic heterocycles. The van der Waals surface area contributed by atoms with Gasteiger partial charge in [0.2, 0.25) is 0 Å². The van der Waals surface area contributed by atoms with Crippen LogP contribution >= 0.6 is 0 Å². The van der Waals surface area contributed by atoms with Gasteiger partial charge in [-0.25, -0.2) is 0 Å². The molecule has 0 bridgehead atoms. The van der Waals surface area contributed by atoms with E-state index in [9.17, 15) is 0 Å². The second-order valence-electron chi connectivity index (χ2n) is 9.12. The Morgan fingerprint density at radius 1 is 0.913 bits per heavy atom. The van der Waals surface area contributed by atoms with E-state index in [4.69, 9.17) is 0 Å². The molecule has 2 unspecified atom stereocenters. The maximum absolute atomic E-state index is 2.40. The molecule has 2 atom stereocenters. The number of unbranched alkanes of at least 4 members (excludes halogenated alkanes) is 2. The lowest BCUT2D eigenvalue weighted by Gasteiger charge is -2.39. The maximum Gasteiger partial charge on any atom is -0.0354 e. The molecule has 0 spiro atoms. The van der Waals surface area contributed by atoms with Crippen molar-refractivity contribution in [2.24, 2.45) is 29.1 Å². The molecular weight excluding hydrogens is 276 g/mol. The summed E-state index contributed by atoms with van der Waals surface area (Å²) >= 11 is 0. The van der Waals surface area contributed by atoms with Gasteiger partial charge in [0.15, 0.2) is 0 Å². The average Bonchev–Trinajstić information content (AvgIpc) is 2.49. The lowest BCUT2D eigenvalue weighted by molar-refractivity contribution is 0.120. The molecule has 0 radical (unpaired) electrons. The van der Waals surface area contributed by atoms with Crippen molar-refractivity contribution in [3.63, 3.8) is 0 Å². The van der Waals surface area contributed by atoms with Crippen molar-refractivity contribution in [3.05, 3.63) is 0 Å². The van der Waals surface area contributed by atoms with Crippen LogP contribution in [-0.2, 0) is 0 Å². The molecule has 1 aliphatic carbocycles. The van der Waals surface area contributed by atoms with Gasteiger partial charge in [-0.15, -0.1) is 0 Å². The topological polar surface area (TPSA) is 0 Å². The molecule has 1 fully saturated rings. The van der Waals surface area contributed by atoms with Crippen LogP contribution in [0.4, 0.5) is 0 Å². The van der Waals surface area contributed by atoms with Crippen LogP contribution < -0.4 is 0 Å². The molecule has 0 N–H and O–H groups in total. The van der Waals surface area contributed by atoms with Gasteiger partial charge in [-0.2, -0.15) is 0 Å². The van der Waals surface area contributed by atoms with Gasteiger partial charge in [0, 0.05) is 0 Å². The first-order valence-corrected chi connectivity index (χ1v) is 10.7. The minimum atomic E-state index is 0.535. The zero-order chi connectivity index (χ0) is 18.5. The summed E-state index contributed by atoms with van der Waals surface area (Å²) in [6.45, 7) is 22.8. The smallest absolute Gasteiger partial charge is 0.0354 e. The first-order valence-electron chi connectivity index (χ1n) is 10.7. The summed E-state index contributed by atoms with van der Waals surface area (Å²) in [4.78, 5) is 0. The molecule has 0 aromatic rings. The number of hydrogen-bond donors (Lipinski definition) is 0. The van der Waals surface area contributed by atoms with Gasteiger partial charge >= 0.3 is 0 Å². The van der Waals surface area contributed by atoms with Crippen molar-refractivity contribution in [2.75, 3.05) is 0 Å². The highest BCUT2D eigenvalue weighted by atomic mass is 14.4. The first kappa shape index (κ1) is 25.2. The summed E-state index contributed by atoms with van der Waals surface area (Å²) in [6, 6.07) is 0. The molecular formula is C23H50. The quantitative estimate of drug-likeness (QED) is 0.443.